The first-order chi connectivity index (χ1) is 14.7. The first-order valence-corrected chi connectivity index (χ1v) is 10.5. The number of amides is 1. The molecular formula is C24H29N3O3. The Morgan fingerprint density at radius 1 is 1.20 bits per heavy atom. The van der Waals surface area contributed by atoms with E-state index in [1.54, 1.807) is 7.11 Å². The number of carbonyl (C=O) groups is 1. The molecule has 158 valence electrons. The molecule has 0 bridgehead atoms. The summed E-state index contributed by atoms with van der Waals surface area (Å²) in [6.45, 7) is 4.90. The van der Waals surface area contributed by atoms with E-state index in [4.69, 9.17) is 9.47 Å². The van der Waals surface area contributed by atoms with E-state index < -0.39 is 0 Å². The van der Waals surface area contributed by atoms with Crippen LogP contribution >= 0.6 is 0 Å². The summed E-state index contributed by atoms with van der Waals surface area (Å²) in [6.07, 6.45) is 2.41. The van der Waals surface area contributed by atoms with Crippen molar-refractivity contribution < 1.29 is 14.3 Å². The van der Waals surface area contributed by atoms with Gasteiger partial charge >= 0.3 is 0 Å². The Bertz CT molecular complexity index is 978. The predicted molar refractivity (Wildman–Crippen MR) is 118 cm³/mol. The van der Waals surface area contributed by atoms with E-state index in [0.717, 1.165) is 60.6 Å². The molecule has 1 saturated heterocycles. The number of aromatic amines is 1. The minimum Gasteiger partial charge on any atom is -0.497 e. The minimum atomic E-state index is -0.0559. The second kappa shape index (κ2) is 9.78. The van der Waals surface area contributed by atoms with E-state index in [1.165, 1.54) is 0 Å². The average Bonchev–Trinajstić information content (AvgIpc) is 3.22. The maximum Gasteiger partial charge on any atom is 0.220 e. The number of hydrogen-bond acceptors (Lipinski definition) is 4. The number of H-pyrrole nitrogens is 1. The Hall–Kier alpha value is -2.83. The van der Waals surface area contributed by atoms with Gasteiger partial charge in [0.15, 0.2) is 0 Å². The van der Waals surface area contributed by atoms with Gasteiger partial charge in [-0.1, -0.05) is 30.3 Å². The fraction of sp³-hybridized carbons (Fsp3) is 0.375. The largest absolute Gasteiger partial charge is 0.497 e. The van der Waals surface area contributed by atoms with Crippen LogP contribution in [0.15, 0.2) is 54.7 Å². The van der Waals surface area contributed by atoms with Crippen LogP contribution in [0.5, 0.6) is 5.75 Å². The van der Waals surface area contributed by atoms with Gasteiger partial charge in [0.25, 0.3) is 0 Å². The van der Waals surface area contributed by atoms with E-state index in [2.05, 4.69) is 33.4 Å². The number of carbonyl (C=O) groups excluding carboxylic acids is 1. The number of morpholine rings is 1. The molecule has 0 unspecified atom stereocenters. The number of ether oxygens (including phenoxy) is 2. The van der Waals surface area contributed by atoms with Gasteiger partial charge in [0.1, 0.15) is 5.75 Å². The van der Waals surface area contributed by atoms with Crippen molar-refractivity contribution in [2.75, 3.05) is 46.5 Å². The van der Waals surface area contributed by atoms with Crippen molar-refractivity contribution in [2.45, 2.75) is 12.3 Å². The maximum atomic E-state index is 12.9. The standard InChI is InChI=1S/C24H29N3O3/c1-29-19-6-4-5-18(15-19)21(22-17-26-23-8-3-2-7-20(22)23)16-24(28)25-9-10-27-11-13-30-14-12-27/h2-8,15,17,21,26H,9-14,16H2,1H3,(H,25,28)/t21-/m0/s1. The molecule has 0 saturated carbocycles. The molecule has 1 aliphatic heterocycles. The summed E-state index contributed by atoms with van der Waals surface area (Å²) in [7, 11) is 1.66. The van der Waals surface area contributed by atoms with Crippen LogP contribution in [0.25, 0.3) is 10.9 Å². The number of rotatable bonds is 8. The van der Waals surface area contributed by atoms with Crippen LogP contribution in [0.4, 0.5) is 0 Å². The van der Waals surface area contributed by atoms with Crippen LogP contribution in [0, 0.1) is 0 Å². The van der Waals surface area contributed by atoms with Crippen LogP contribution in [-0.4, -0.2) is 62.3 Å². The summed E-state index contributed by atoms with van der Waals surface area (Å²) in [5.74, 6) is 0.797. The highest BCUT2D eigenvalue weighted by Crippen LogP contribution is 2.34. The van der Waals surface area contributed by atoms with Crippen LogP contribution in [-0.2, 0) is 9.53 Å². The number of hydrogen-bond donors (Lipinski definition) is 2. The Morgan fingerprint density at radius 3 is 2.87 bits per heavy atom. The van der Waals surface area contributed by atoms with E-state index in [9.17, 15) is 4.79 Å². The second-order valence-corrected chi connectivity index (χ2v) is 7.63. The van der Waals surface area contributed by atoms with E-state index >= 15 is 0 Å². The van der Waals surface area contributed by atoms with Crippen LogP contribution < -0.4 is 10.1 Å². The molecule has 0 aliphatic carbocycles. The first-order valence-electron chi connectivity index (χ1n) is 10.5. The Kier molecular flexibility index (Phi) is 6.67. The van der Waals surface area contributed by atoms with E-state index in [-0.39, 0.29) is 11.8 Å². The van der Waals surface area contributed by atoms with Crippen molar-refractivity contribution in [2.24, 2.45) is 0 Å². The SMILES string of the molecule is COc1cccc([C@H](CC(=O)NCCN2CCOCC2)c2c[nH]c3ccccc23)c1. The van der Waals surface area contributed by atoms with E-state index in [1.807, 2.05) is 36.5 Å². The Balaban J connectivity index is 1.50. The molecule has 0 radical (unpaired) electrons. The normalized spacial score (nSPS) is 15.8. The molecule has 6 nitrogen and oxygen atoms in total. The topological polar surface area (TPSA) is 66.6 Å². The van der Waals surface area contributed by atoms with E-state index in [0.29, 0.717) is 13.0 Å². The third-order valence-electron chi connectivity index (χ3n) is 5.74. The lowest BCUT2D eigenvalue weighted by molar-refractivity contribution is -0.121. The summed E-state index contributed by atoms with van der Waals surface area (Å²) in [4.78, 5) is 18.5. The van der Waals surface area contributed by atoms with Crippen molar-refractivity contribution in [3.05, 3.63) is 65.9 Å². The first kappa shape index (κ1) is 20.4. The number of benzene rings is 2. The van der Waals surface area contributed by atoms with Gasteiger partial charge in [-0.25, -0.2) is 0 Å². The predicted octanol–water partition coefficient (Wildman–Crippen LogP) is 3.15. The summed E-state index contributed by atoms with van der Waals surface area (Å²) in [5, 5.41) is 4.25. The van der Waals surface area contributed by atoms with Crippen molar-refractivity contribution in [3.8, 4) is 5.75 Å². The quantitative estimate of drug-likeness (QED) is 0.602. The highest BCUT2D eigenvalue weighted by Gasteiger charge is 2.22. The number of aromatic nitrogens is 1. The fourth-order valence-electron chi connectivity index (χ4n) is 4.08. The molecule has 1 amide bonds. The zero-order valence-electron chi connectivity index (χ0n) is 17.4. The van der Waals surface area contributed by atoms with Gasteiger partial charge in [-0.15, -0.1) is 0 Å². The second-order valence-electron chi connectivity index (χ2n) is 7.63. The summed E-state index contributed by atoms with van der Waals surface area (Å²) in [5.41, 5.74) is 3.28. The third-order valence-corrected chi connectivity index (χ3v) is 5.74. The molecule has 3 aromatic rings. The van der Waals surface area contributed by atoms with Crippen molar-refractivity contribution in [1.82, 2.24) is 15.2 Å². The molecule has 1 aliphatic rings. The van der Waals surface area contributed by atoms with Crippen LogP contribution in [0.3, 0.4) is 0 Å². The van der Waals surface area contributed by atoms with Gasteiger partial charge in [0.2, 0.25) is 5.91 Å². The fourth-order valence-corrected chi connectivity index (χ4v) is 4.08. The van der Waals surface area contributed by atoms with Crippen molar-refractivity contribution in [3.63, 3.8) is 0 Å². The maximum absolute atomic E-state index is 12.9. The number of fused-ring (bicyclic) bond motifs is 1. The van der Waals surface area contributed by atoms with Gasteiger partial charge in [0.05, 0.1) is 20.3 Å². The Labute approximate surface area is 177 Å². The van der Waals surface area contributed by atoms with Crippen molar-refractivity contribution >= 4 is 16.8 Å². The lowest BCUT2D eigenvalue weighted by atomic mass is 9.88. The smallest absolute Gasteiger partial charge is 0.220 e. The molecular weight excluding hydrogens is 378 g/mol. The van der Waals surface area contributed by atoms with Crippen molar-refractivity contribution in [1.29, 1.82) is 0 Å². The number of methoxy groups -OCH3 is 1. The van der Waals surface area contributed by atoms with Crippen LogP contribution in [0.1, 0.15) is 23.5 Å². The molecule has 1 aromatic heterocycles. The zero-order valence-corrected chi connectivity index (χ0v) is 17.4. The lowest BCUT2D eigenvalue weighted by Crippen LogP contribution is -2.41. The number of para-hydroxylation sites is 1. The van der Waals surface area contributed by atoms with Gasteiger partial charge in [-0.2, -0.15) is 0 Å². The zero-order chi connectivity index (χ0) is 20.8. The molecule has 2 N–H and O–H groups in total. The number of nitrogens with one attached hydrogen (secondary N) is 2. The average molecular weight is 408 g/mol. The monoisotopic (exact) mass is 407 g/mol. The van der Waals surface area contributed by atoms with Crippen LogP contribution in [0.2, 0.25) is 0 Å². The molecule has 0 spiro atoms. The molecule has 2 aromatic carbocycles. The Morgan fingerprint density at radius 2 is 2.03 bits per heavy atom. The molecule has 1 atom stereocenters. The summed E-state index contributed by atoms with van der Waals surface area (Å²) >= 11 is 0. The van der Waals surface area contributed by atoms with Gasteiger partial charge in [0, 0.05) is 55.6 Å². The molecule has 6 heteroatoms. The van der Waals surface area contributed by atoms with Gasteiger partial charge < -0.3 is 19.8 Å². The molecule has 4 rings (SSSR count). The third kappa shape index (κ3) is 4.83. The highest BCUT2D eigenvalue weighted by atomic mass is 16.5. The molecule has 1 fully saturated rings. The molecule has 2 heterocycles. The van der Waals surface area contributed by atoms with Gasteiger partial charge in [-0.05, 0) is 29.3 Å². The summed E-state index contributed by atoms with van der Waals surface area (Å²) < 4.78 is 10.8. The lowest BCUT2D eigenvalue weighted by Gasteiger charge is -2.26. The van der Waals surface area contributed by atoms with Gasteiger partial charge in [-0.3, -0.25) is 9.69 Å². The molecule has 30 heavy (non-hydrogen) atoms. The minimum absolute atomic E-state index is 0.0559. The number of nitrogens with zero attached hydrogens (tertiary/aromatic N) is 1. The highest BCUT2D eigenvalue weighted by molar-refractivity contribution is 5.86. The summed E-state index contributed by atoms with van der Waals surface area (Å²) in [6, 6.07) is 16.2.